The molecule has 10 heteroatoms. The molecule has 0 spiro atoms. The molecule has 0 aromatic carbocycles. The fourth-order valence-corrected chi connectivity index (χ4v) is 3.41. The van der Waals surface area contributed by atoms with E-state index in [2.05, 4.69) is 0 Å². The molecule has 0 aromatic heterocycles. The monoisotopic (exact) mass is 330 g/mol. The Hall–Kier alpha value is -2.07. The number of aliphatic carboxylic acids is 2. The van der Waals surface area contributed by atoms with Gasteiger partial charge in [-0.1, -0.05) is 0 Å². The maximum absolute atomic E-state index is 11.7. The third-order valence-electron chi connectivity index (χ3n) is 3.24. The van der Waals surface area contributed by atoms with E-state index in [0.717, 1.165) is 4.90 Å². The van der Waals surface area contributed by atoms with Gasteiger partial charge in [-0.3, -0.25) is 19.3 Å². The zero-order chi connectivity index (χ0) is 16.4. The minimum absolute atomic E-state index is 0.207. The molecule has 1 amide bonds. The lowest BCUT2D eigenvalue weighted by Gasteiger charge is -2.47. The molecule has 2 atom stereocenters. The van der Waals surface area contributed by atoms with E-state index in [1.165, 1.54) is 11.8 Å². The first-order valence-electron chi connectivity index (χ1n) is 6.36. The average molecular weight is 330 g/mol. The lowest BCUT2D eigenvalue weighted by Crippen LogP contribution is -2.68. The van der Waals surface area contributed by atoms with Crippen LogP contribution in [0.5, 0.6) is 0 Å². The molecule has 120 valence electrons. The molecule has 0 unspecified atom stereocenters. The van der Waals surface area contributed by atoms with Crippen molar-refractivity contribution < 1.29 is 34.1 Å². The van der Waals surface area contributed by atoms with Gasteiger partial charge in [0.2, 0.25) is 5.91 Å². The van der Waals surface area contributed by atoms with Gasteiger partial charge in [0.15, 0.2) is 0 Å². The topological polar surface area (TPSA) is 147 Å². The van der Waals surface area contributed by atoms with Gasteiger partial charge in [-0.2, -0.15) is 0 Å². The molecule has 2 aliphatic rings. The number of rotatable bonds is 6. The number of β-lactam (4-membered cyclic amide) rings is 1. The Balaban J connectivity index is 2.04. The standard InChI is InChI=1S/C12H14N2O7S/c13-8-10(18)14-9(12(19)20)5(4-22-11(8)14)3-21-7(17)2-1-6(15)16/h8,11H,1-4,13H2,(H,15,16)(H,19,20)/t8-,11-/m1/s1. The molecule has 1 fully saturated rings. The summed E-state index contributed by atoms with van der Waals surface area (Å²) in [5.74, 6) is -3.36. The Morgan fingerprint density at radius 3 is 2.59 bits per heavy atom. The maximum Gasteiger partial charge on any atom is 0.352 e. The average Bonchev–Trinajstić information content (AvgIpc) is 2.48. The van der Waals surface area contributed by atoms with Crippen molar-refractivity contribution in [3.8, 4) is 0 Å². The SMILES string of the molecule is N[C@@H]1C(=O)N2C(C(=O)O)=C(COC(=O)CCC(=O)O)CS[C@H]12. The number of carboxylic acids is 2. The van der Waals surface area contributed by atoms with Crippen LogP contribution in [0, 0.1) is 0 Å². The highest BCUT2D eigenvalue weighted by atomic mass is 32.2. The van der Waals surface area contributed by atoms with E-state index < -0.39 is 35.2 Å². The van der Waals surface area contributed by atoms with Crippen LogP contribution in [-0.4, -0.2) is 62.7 Å². The number of fused-ring (bicyclic) bond motifs is 1. The second kappa shape index (κ2) is 6.36. The van der Waals surface area contributed by atoms with Gasteiger partial charge in [-0.25, -0.2) is 4.79 Å². The van der Waals surface area contributed by atoms with Gasteiger partial charge in [0, 0.05) is 11.3 Å². The first-order valence-corrected chi connectivity index (χ1v) is 7.40. The van der Waals surface area contributed by atoms with Crippen molar-refractivity contribution in [3.05, 3.63) is 11.3 Å². The van der Waals surface area contributed by atoms with Crippen LogP contribution in [0.25, 0.3) is 0 Å². The molecule has 1 saturated heterocycles. The van der Waals surface area contributed by atoms with Gasteiger partial charge in [-0.05, 0) is 0 Å². The summed E-state index contributed by atoms with van der Waals surface area (Å²) < 4.78 is 4.88. The molecule has 0 saturated carbocycles. The van der Waals surface area contributed by atoms with E-state index in [9.17, 15) is 24.3 Å². The van der Waals surface area contributed by atoms with E-state index in [4.69, 9.17) is 15.6 Å². The van der Waals surface area contributed by atoms with Crippen LogP contribution in [-0.2, 0) is 23.9 Å². The number of hydrogen-bond donors (Lipinski definition) is 3. The number of carbonyl (C=O) groups is 4. The number of amides is 1. The summed E-state index contributed by atoms with van der Waals surface area (Å²) in [5, 5.41) is 17.3. The summed E-state index contributed by atoms with van der Waals surface area (Å²) in [4.78, 5) is 45.9. The number of esters is 1. The molecule has 2 aliphatic heterocycles. The Morgan fingerprint density at radius 1 is 1.32 bits per heavy atom. The number of ether oxygens (including phenoxy) is 1. The number of hydrogen-bond acceptors (Lipinski definition) is 7. The quantitative estimate of drug-likeness (QED) is 0.411. The predicted octanol–water partition coefficient (Wildman–Crippen LogP) is -1.02. The van der Waals surface area contributed by atoms with Gasteiger partial charge in [0.1, 0.15) is 23.7 Å². The molecule has 0 radical (unpaired) electrons. The Morgan fingerprint density at radius 2 is 2.00 bits per heavy atom. The molecular weight excluding hydrogens is 316 g/mol. The Labute approximate surface area is 129 Å². The fourth-order valence-electron chi connectivity index (χ4n) is 2.14. The summed E-state index contributed by atoms with van der Waals surface area (Å²) in [7, 11) is 0. The van der Waals surface area contributed by atoms with Crippen molar-refractivity contribution in [2.45, 2.75) is 24.3 Å². The third kappa shape index (κ3) is 3.07. The van der Waals surface area contributed by atoms with Gasteiger partial charge >= 0.3 is 17.9 Å². The van der Waals surface area contributed by atoms with Crippen molar-refractivity contribution >= 4 is 35.6 Å². The maximum atomic E-state index is 11.7. The molecule has 2 rings (SSSR count). The van der Waals surface area contributed by atoms with Crippen molar-refractivity contribution in [1.29, 1.82) is 0 Å². The van der Waals surface area contributed by atoms with Gasteiger partial charge in [0.05, 0.1) is 12.8 Å². The van der Waals surface area contributed by atoms with Crippen LogP contribution in [0.4, 0.5) is 0 Å². The predicted molar refractivity (Wildman–Crippen MR) is 73.6 cm³/mol. The Bertz CT molecular complexity index is 574. The number of thioether (sulfide) groups is 1. The van der Waals surface area contributed by atoms with Gasteiger partial charge < -0.3 is 20.7 Å². The van der Waals surface area contributed by atoms with E-state index in [-0.39, 0.29) is 36.5 Å². The molecule has 0 aromatic rings. The minimum atomic E-state index is -1.29. The largest absolute Gasteiger partial charge is 0.481 e. The molecule has 9 nitrogen and oxygen atoms in total. The van der Waals surface area contributed by atoms with Crippen LogP contribution in [0.1, 0.15) is 12.8 Å². The van der Waals surface area contributed by atoms with Gasteiger partial charge in [0.25, 0.3) is 0 Å². The Kier molecular flexibility index (Phi) is 4.71. The molecule has 2 heterocycles. The normalized spacial score (nSPS) is 23.7. The summed E-state index contributed by atoms with van der Waals surface area (Å²) >= 11 is 1.30. The van der Waals surface area contributed by atoms with E-state index in [1.54, 1.807) is 0 Å². The molecule has 0 bridgehead atoms. The summed E-state index contributed by atoms with van der Waals surface area (Å²) in [6.07, 6.45) is -0.658. The highest BCUT2D eigenvalue weighted by molar-refractivity contribution is 8.00. The second-order valence-corrected chi connectivity index (χ2v) is 5.85. The first-order chi connectivity index (χ1) is 10.3. The van der Waals surface area contributed by atoms with Crippen LogP contribution in [0.15, 0.2) is 11.3 Å². The van der Waals surface area contributed by atoms with Gasteiger partial charge in [-0.15, -0.1) is 11.8 Å². The molecular formula is C12H14N2O7S. The zero-order valence-electron chi connectivity index (χ0n) is 11.4. The van der Waals surface area contributed by atoms with Crippen LogP contribution in [0.2, 0.25) is 0 Å². The number of carboxylic acid groups (broad SMARTS) is 2. The van der Waals surface area contributed by atoms with E-state index in [0.29, 0.717) is 0 Å². The van der Waals surface area contributed by atoms with Crippen LogP contribution in [0.3, 0.4) is 0 Å². The smallest absolute Gasteiger partial charge is 0.352 e. The highest BCUT2D eigenvalue weighted by Gasteiger charge is 2.51. The number of carbonyl (C=O) groups excluding carboxylic acids is 2. The number of nitrogens with two attached hydrogens (primary N) is 1. The van der Waals surface area contributed by atoms with E-state index >= 15 is 0 Å². The lowest BCUT2D eigenvalue weighted by molar-refractivity contribution is -0.149. The summed E-state index contributed by atoms with van der Waals surface area (Å²) in [6.45, 7) is -0.293. The summed E-state index contributed by atoms with van der Waals surface area (Å²) in [6, 6.07) is -0.723. The zero-order valence-corrected chi connectivity index (χ0v) is 12.2. The van der Waals surface area contributed by atoms with Crippen molar-refractivity contribution in [2.24, 2.45) is 5.73 Å². The molecule has 22 heavy (non-hydrogen) atoms. The fraction of sp³-hybridized carbons (Fsp3) is 0.500. The van der Waals surface area contributed by atoms with Crippen LogP contribution < -0.4 is 5.73 Å². The highest BCUT2D eigenvalue weighted by Crippen LogP contribution is 2.39. The lowest BCUT2D eigenvalue weighted by atomic mass is 10.0. The van der Waals surface area contributed by atoms with Crippen LogP contribution >= 0.6 is 11.8 Å². The minimum Gasteiger partial charge on any atom is -0.481 e. The number of nitrogens with zero attached hydrogens (tertiary/aromatic N) is 1. The summed E-state index contributed by atoms with van der Waals surface area (Å²) in [5.41, 5.74) is 5.69. The van der Waals surface area contributed by atoms with Crippen molar-refractivity contribution in [1.82, 2.24) is 4.90 Å². The van der Waals surface area contributed by atoms with E-state index in [1.807, 2.05) is 0 Å². The third-order valence-corrected chi connectivity index (χ3v) is 4.60. The van der Waals surface area contributed by atoms with Crippen molar-refractivity contribution in [2.75, 3.05) is 12.4 Å². The van der Waals surface area contributed by atoms with Crippen molar-refractivity contribution in [3.63, 3.8) is 0 Å². The molecule has 0 aliphatic carbocycles. The first kappa shape index (κ1) is 16.3. The second-order valence-electron chi connectivity index (χ2n) is 4.75. The molecule has 4 N–H and O–H groups in total.